The second-order valence-corrected chi connectivity index (χ2v) is 9.03. The van der Waals surface area contributed by atoms with E-state index in [1.165, 1.54) is 0 Å². The van der Waals surface area contributed by atoms with Crippen LogP contribution in [0.4, 0.5) is 24.8 Å². The van der Waals surface area contributed by atoms with Crippen LogP contribution in [0.15, 0.2) is 23.4 Å². The number of ether oxygens (including phenoxy) is 1. The van der Waals surface area contributed by atoms with Crippen LogP contribution in [0.2, 0.25) is 0 Å². The van der Waals surface area contributed by atoms with Gasteiger partial charge in [-0.3, -0.25) is 9.59 Å². The second kappa shape index (κ2) is 10.4. The number of carbonyl (C=O) groups is 1. The lowest BCUT2D eigenvalue weighted by Gasteiger charge is -2.34. The first kappa shape index (κ1) is 25.8. The largest absolute Gasteiger partial charge is 0.423 e. The number of rotatable bonds is 9. The van der Waals surface area contributed by atoms with E-state index in [2.05, 4.69) is 20.4 Å². The SMILES string of the molecule is CC(COCCC(=O)N1CCN(c2ncc(C3(O)CC3)cn2)CC1)Nc1cn[nH]c(=O)c1C(F)(F)F. The van der Waals surface area contributed by atoms with Crippen LogP contribution in [0.3, 0.4) is 0 Å². The Morgan fingerprint density at radius 1 is 1.22 bits per heavy atom. The normalized spacial score (nSPS) is 18.1. The molecule has 0 aromatic carbocycles. The van der Waals surface area contributed by atoms with Gasteiger partial charge in [-0.15, -0.1) is 0 Å². The number of aliphatic hydroxyl groups is 1. The molecule has 0 radical (unpaired) electrons. The highest BCUT2D eigenvalue weighted by atomic mass is 19.4. The van der Waals surface area contributed by atoms with Gasteiger partial charge in [-0.05, 0) is 19.8 Å². The monoisotopic (exact) mass is 511 g/mol. The molecule has 0 spiro atoms. The van der Waals surface area contributed by atoms with Crippen LogP contribution in [0.25, 0.3) is 0 Å². The Labute approximate surface area is 204 Å². The van der Waals surface area contributed by atoms with Crippen molar-refractivity contribution in [3.05, 3.63) is 40.1 Å². The third kappa shape index (κ3) is 6.10. The van der Waals surface area contributed by atoms with Gasteiger partial charge in [0.2, 0.25) is 11.9 Å². The lowest BCUT2D eigenvalue weighted by molar-refractivity contribution is -0.138. The maximum absolute atomic E-state index is 13.1. The minimum absolute atomic E-state index is 0.0353. The maximum atomic E-state index is 13.1. The fraction of sp³-hybridized carbons (Fsp3) is 0.591. The number of aromatic nitrogens is 4. The standard InChI is InChI=1S/C22H28F3N7O4/c1-14(29-16-12-28-30-19(34)18(16)22(23,24)25)13-36-9-2-17(33)31-5-7-32(8-6-31)20-26-10-15(11-27-20)21(35)3-4-21/h10-12,14,35H,2-9,13H2,1H3,(H2,29,30,34). The number of H-pyrrole nitrogens is 1. The average molecular weight is 512 g/mol. The molecule has 3 heterocycles. The number of piperazine rings is 1. The fourth-order valence-electron chi connectivity index (χ4n) is 3.96. The first-order valence-corrected chi connectivity index (χ1v) is 11.6. The van der Waals surface area contributed by atoms with E-state index in [1.54, 1.807) is 29.3 Å². The Hall–Kier alpha value is -3.26. The molecule has 2 aromatic heterocycles. The molecule has 1 saturated heterocycles. The van der Waals surface area contributed by atoms with E-state index in [1.807, 2.05) is 4.90 Å². The van der Waals surface area contributed by atoms with Gasteiger partial charge in [0, 0.05) is 50.2 Å². The van der Waals surface area contributed by atoms with Crippen molar-refractivity contribution in [1.82, 2.24) is 25.1 Å². The smallest absolute Gasteiger partial charge is 0.385 e. The van der Waals surface area contributed by atoms with Crippen LogP contribution >= 0.6 is 0 Å². The molecule has 11 nitrogen and oxygen atoms in total. The molecule has 36 heavy (non-hydrogen) atoms. The Morgan fingerprint density at radius 2 is 1.89 bits per heavy atom. The van der Waals surface area contributed by atoms with E-state index < -0.39 is 34.6 Å². The number of hydrogen-bond donors (Lipinski definition) is 3. The van der Waals surface area contributed by atoms with Gasteiger partial charge in [0.15, 0.2) is 0 Å². The summed E-state index contributed by atoms with van der Waals surface area (Å²) >= 11 is 0. The first-order chi connectivity index (χ1) is 17.1. The number of nitrogens with one attached hydrogen (secondary N) is 2. The third-order valence-corrected chi connectivity index (χ3v) is 6.18. The van der Waals surface area contributed by atoms with Crippen molar-refractivity contribution < 1.29 is 27.8 Å². The van der Waals surface area contributed by atoms with Crippen LogP contribution in [0, 0.1) is 0 Å². The summed E-state index contributed by atoms with van der Waals surface area (Å²) in [5.74, 6) is 0.477. The van der Waals surface area contributed by atoms with Crippen LogP contribution in [0.1, 0.15) is 37.3 Å². The van der Waals surface area contributed by atoms with Crippen LogP contribution in [0.5, 0.6) is 0 Å². The summed E-state index contributed by atoms with van der Waals surface area (Å²) in [7, 11) is 0. The van der Waals surface area contributed by atoms with Gasteiger partial charge in [-0.1, -0.05) is 0 Å². The third-order valence-electron chi connectivity index (χ3n) is 6.18. The number of hydrogen-bond acceptors (Lipinski definition) is 9. The average Bonchev–Trinajstić information content (AvgIpc) is 3.59. The van der Waals surface area contributed by atoms with Gasteiger partial charge >= 0.3 is 6.18 Å². The lowest BCUT2D eigenvalue weighted by atomic mass is 10.2. The number of amides is 1. The molecule has 0 bridgehead atoms. The van der Waals surface area contributed by atoms with Gasteiger partial charge < -0.3 is 25.0 Å². The highest BCUT2D eigenvalue weighted by Crippen LogP contribution is 2.44. The van der Waals surface area contributed by atoms with Crippen molar-refractivity contribution >= 4 is 17.5 Å². The summed E-state index contributed by atoms with van der Waals surface area (Å²) in [6, 6.07) is -0.555. The van der Waals surface area contributed by atoms with E-state index in [9.17, 15) is 27.9 Å². The van der Waals surface area contributed by atoms with Crippen molar-refractivity contribution in [2.45, 2.75) is 44.0 Å². The van der Waals surface area contributed by atoms with Crippen molar-refractivity contribution in [3.63, 3.8) is 0 Å². The Morgan fingerprint density at radius 3 is 2.50 bits per heavy atom. The zero-order valence-electron chi connectivity index (χ0n) is 19.7. The van der Waals surface area contributed by atoms with E-state index in [4.69, 9.17) is 4.74 Å². The van der Waals surface area contributed by atoms with Gasteiger partial charge in [0.25, 0.3) is 5.56 Å². The van der Waals surface area contributed by atoms with E-state index >= 15 is 0 Å². The van der Waals surface area contributed by atoms with Crippen molar-refractivity contribution in [3.8, 4) is 0 Å². The number of carbonyl (C=O) groups excluding carboxylic acids is 1. The molecule has 14 heteroatoms. The summed E-state index contributed by atoms with van der Waals surface area (Å²) < 4.78 is 44.9. The highest BCUT2D eigenvalue weighted by molar-refractivity contribution is 5.76. The molecule has 1 atom stereocenters. The number of nitrogens with zero attached hydrogens (tertiary/aromatic N) is 5. The Balaban J connectivity index is 1.17. The summed E-state index contributed by atoms with van der Waals surface area (Å²) in [4.78, 5) is 36.4. The van der Waals surface area contributed by atoms with Gasteiger partial charge in [-0.2, -0.15) is 18.3 Å². The topological polar surface area (TPSA) is 137 Å². The summed E-state index contributed by atoms with van der Waals surface area (Å²) in [6.07, 6.45) is 0.952. The molecule has 2 aromatic rings. The zero-order chi connectivity index (χ0) is 25.9. The van der Waals surface area contributed by atoms with E-state index in [0.717, 1.165) is 24.6 Å². The van der Waals surface area contributed by atoms with Crippen LogP contribution in [-0.4, -0.2) is 81.5 Å². The van der Waals surface area contributed by atoms with Gasteiger partial charge in [0.05, 0.1) is 37.1 Å². The summed E-state index contributed by atoms with van der Waals surface area (Å²) in [5.41, 5.74) is -3.16. The molecule has 1 saturated carbocycles. The Bertz CT molecular complexity index is 1110. The number of halogens is 3. The van der Waals surface area contributed by atoms with Crippen molar-refractivity contribution in [1.29, 1.82) is 0 Å². The minimum Gasteiger partial charge on any atom is -0.385 e. The molecule has 196 valence electrons. The maximum Gasteiger partial charge on any atom is 0.423 e. The molecule has 1 amide bonds. The molecule has 3 N–H and O–H groups in total. The van der Waals surface area contributed by atoms with Crippen LogP contribution in [-0.2, 0) is 21.3 Å². The summed E-state index contributed by atoms with van der Waals surface area (Å²) in [6.45, 7) is 3.89. The van der Waals surface area contributed by atoms with Gasteiger partial charge in [0.1, 0.15) is 5.56 Å². The molecule has 1 aliphatic carbocycles. The van der Waals surface area contributed by atoms with E-state index in [-0.39, 0.29) is 25.5 Å². The quantitative estimate of drug-likeness (QED) is 0.423. The number of alkyl halides is 3. The molecule has 1 aliphatic heterocycles. The Kier molecular flexibility index (Phi) is 7.45. The molecule has 2 fully saturated rings. The first-order valence-electron chi connectivity index (χ1n) is 11.6. The van der Waals surface area contributed by atoms with Crippen molar-refractivity contribution in [2.24, 2.45) is 0 Å². The predicted molar refractivity (Wildman–Crippen MR) is 122 cm³/mol. The lowest BCUT2D eigenvalue weighted by Crippen LogP contribution is -2.49. The van der Waals surface area contributed by atoms with E-state index in [0.29, 0.717) is 32.1 Å². The molecular weight excluding hydrogens is 483 g/mol. The molecule has 4 rings (SSSR count). The zero-order valence-corrected chi connectivity index (χ0v) is 19.7. The fourth-order valence-corrected chi connectivity index (χ4v) is 3.96. The second-order valence-electron chi connectivity index (χ2n) is 9.03. The predicted octanol–water partition coefficient (Wildman–Crippen LogP) is 1.12. The van der Waals surface area contributed by atoms with Crippen LogP contribution < -0.4 is 15.8 Å². The highest BCUT2D eigenvalue weighted by Gasteiger charge is 2.43. The van der Waals surface area contributed by atoms with Gasteiger partial charge in [-0.25, -0.2) is 15.1 Å². The molecule has 1 unspecified atom stereocenters. The number of anilines is 2. The number of aromatic amines is 1. The van der Waals surface area contributed by atoms with Crippen molar-refractivity contribution in [2.75, 3.05) is 49.6 Å². The minimum atomic E-state index is -4.83. The summed E-state index contributed by atoms with van der Waals surface area (Å²) in [5, 5.41) is 17.9. The molecular formula is C22H28F3N7O4. The molecule has 2 aliphatic rings.